The first-order chi connectivity index (χ1) is 12.2. The average Bonchev–Trinajstić information content (AvgIpc) is 2.93. The maximum absolute atomic E-state index is 12.8. The maximum atomic E-state index is 12.8. The number of aromatic nitrogens is 1. The largest absolute Gasteiger partial charge is 0.481 e. The van der Waals surface area contributed by atoms with Crippen molar-refractivity contribution in [3.63, 3.8) is 0 Å². The summed E-state index contributed by atoms with van der Waals surface area (Å²) < 4.78 is 38.4. The fourth-order valence-electron chi connectivity index (χ4n) is 3.06. The molecule has 1 aliphatic rings. The van der Waals surface area contributed by atoms with E-state index in [2.05, 4.69) is 5.32 Å². The number of carboxylic acids is 1. The third-order valence-corrected chi connectivity index (χ3v) is 4.30. The fourth-order valence-corrected chi connectivity index (χ4v) is 3.06. The third-order valence-electron chi connectivity index (χ3n) is 4.30. The lowest BCUT2D eigenvalue weighted by atomic mass is 10.0. The van der Waals surface area contributed by atoms with Gasteiger partial charge in [0.1, 0.15) is 5.56 Å². The molecule has 0 fully saturated rings. The van der Waals surface area contributed by atoms with Gasteiger partial charge in [-0.3, -0.25) is 14.4 Å². The second kappa shape index (κ2) is 6.32. The molecule has 9 heteroatoms. The van der Waals surface area contributed by atoms with Crippen molar-refractivity contribution in [1.29, 1.82) is 0 Å². The Morgan fingerprint density at radius 1 is 1.19 bits per heavy atom. The van der Waals surface area contributed by atoms with E-state index in [0.29, 0.717) is 23.4 Å². The zero-order valence-electron chi connectivity index (χ0n) is 13.1. The quantitative estimate of drug-likeness (QED) is 0.777. The number of H-pyrrole nitrogens is 1. The van der Waals surface area contributed by atoms with Gasteiger partial charge in [0.05, 0.1) is 17.5 Å². The van der Waals surface area contributed by atoms with Crippen molar-refractivity contribution in [2.24, 2.45) is 0 Å². The number of hydrogen-bond acceptors (Lipinski definition) is 3. The molecule has 1 amide bonds. The van der Waals surface area contributed by atoms with Crippen molar-refractivity contribution >= 4 is 11.9 Å². The van der Waals surface area contributed by atoms with Crippen molar-refractivity contribution in [2.75, 3.05) is 0 Å². The summed E-state index contributed by atoms with van der Waals surface area (Å²) in [6.07, 6.45) is -4.17. The number of alkyl halides is 3. The first kappa shape index (κ1) is 17.7. The van der Waals surface area contributed by atoms with Crippen LogP contribution in [0.5, 0.6) is 0 Å². The van der Waals surface area contributed by atoms with Crippen LogP contribution in [0.3, 0.4) is 0 Å². The lowest BCUT2D eigenvalue weighted by Crippen LogP contribution is -2.32. The minimum Gasteiger partial charge on any atom is -0.481 e. The van der Waals surface area contributed by atoms with Gasteiger partial charge in [-0.05, 0) is 23.6 Å². The van der Waals surface area contributed by atoms with Crippen LogP contribution in [0.15, 0.2) is 41.3 Å². The van der Waals surface area contributed by atoms with E-state index < -0.39 is 46.7 Å². The van der Waals surface area contributed by atoms with Crippen molar-refractivity contribution in [2.45, 2.75) is 24.6 Å². The molecule has 0 saturated carbocycles. The number of carbonyl (C=O) groups excluding carboxylic acids is 1. The van der Waals surface area contributed by atoms with E-state index in [9.17, 15) is 32.7 Å². The predicted molar refractivity (Wildman–Crippen MR) is 83.7 cm³/mol. The molecule has 1 heterocycles. The summed E-state index contributed by atoms with van der Waals surface area (Å²) in [6.45, 7) is 0. The summed E-state index contributed by atoms with van der Waals surface area (Å²) in [5.41, 5.74) is -1.70. The van der Waals surface area contributed by atoms with Crippen LogP contribution in [0.25, 0.3) is 0 Å². The highest BCUT2D eigenvalue weighted by Crippen LogP contribution is 2.40. The van der Waals surface area contributed by atoms with Crippen LogP contribution in [0.2, 0.25) is 0 Å². The summed E-state index contributed by atoms with van der Waals surface area (Å²) in [5.74, 6) is -2.90. The molecule has 26 heavy (non-hydrogen) atoms. The summed E-state index contributed by atoms with van der Waals surface area (Å²) in [4.78, 5) is 37.4. The zero-order valence-corrected chi connectivity index (χ0v) is 13.1. The normalized spacial score (nSPS) is 19.0. The van der Waals surface area contributed by atoms with Crippen LogP contribution < -0.4 is 10.9 Å². The molecule has 0 bridgehead atoms. The molecular formula is C17H13F3N2O4. The first-order valence-electron chi connectivity index (χ1n) is 7.61. The van der Waals surface area contributed by atoms with E-state index in [0.717, 1.165) is 0 Å². The van der Waals surface area contributed by atoms with E-state index >= 15 is 0 Å². The molecule has 0 spiro atoms. The number of aliphatic carboxylic acids is 1. The first-order valence-corrected chi connectivity index (χ1v) is 7.61. The Hall–Kier alpha value is -3.10. The number of aromatic amines is 1. The average molecular weight is 366 g/mol. The van der Waals surface area contributed by atoms with Gasteiger partial charge in [-0.2, -0.15) is 13.2 Å². The standard InChI is InChI=1S/C17H13F3N2O4/c18-17(19,20)8-5-12(14(23)21-7-8)15(24)22-13-6-11(16(25)26)9-3-1-2-4-10(9)13/h1-5,7,11,13H,6H2,(H,21,23)(H,22,24)(H,25,26). The topological polar surface area (TPSA) is 99.3 Å². The molecule has 2 unspecified atom stereocenters. The summed E-state index contributed by atoms with van der Waals surface area (Å²) in [7, 11) is 0. The smallest absolute Gasteiger partial charge is 0.417 e. The van der Waals surface area contributed by atoms with Gasteiger partial charge in [-0.1, -0.05) is 24.3 Å². The number of fused-ring (bicyclic) bond motifs is 1. The van der Waals surface area contributed by atoms with Crippen molar-refractivity contribution in [1.82, 2.24) is 10.3 Å². The Morgan fingerprint density at radius 3 is 2.46 bits per heavy atom. The van der Waals surface area contributed by atoms with Gasteiger partial charge in [0.25, 0.3) is 11.5 Å². The molecule has 0 radical (unpaired) electrons. The molecule has 136 valence electrons. The number of benzene rings is 1. The Labute approximate surface area is 144 Å². The Kier molecular flexibility index (Phi) is 4.31. The monoisotopic (exact) mass is 366 g/mol. The lowest BCUT2D eigenvalue weighted by Gasteiger charge is -2.14. The van der Waals surface area contributed by atoms with Crippen LogP contribution in [0, 0.1) is 0 Å². The SMILES string of the molecule is O=C(NC1CC(C(=O)O)c2ccccc21)c1cc(C(F)(F)F)c[nH]c1=O. The molecular weight excluding hydrogens is 353 g/mol. The minimum absolute atomic E-state index is 0.0529. The van der Waals surface area contributed by atoms with E-state index in [-0.39, 0.29) is 6.42 Å². The second-order valence-corrected chi connectivity index (χ2v) is 5.91. The minimum atomic E-state index is -4.71. The zero-order chi connectivity index (χ0) is 19.1. The Balaban J connectivity index is 1.90. The number of carboxylic acid groups (broad SMARTS) is 1. The molecule has 2 aromatic rings. The summed E-state index contributed by atoms with van der Waals surface area (Å²) in [5, 5.41) is 11.8. The Bertz CT molecular complexity index is 936. The predicted octanol–water partition coefficient (Wildman–Crippen LogP) is 2.44. The van der Waals surface area contributed by atoms with Gasteiger partial charge < -0.3 is 15.4 Å². The van der Waals surface area contributed by atoms with Gasteiger partial charge in [0, 0.05) is 6.20 Å². The summed E-state index contributed by atoms with van der Waals surface area (Å²) in [6, 6.07) is 6.35. The number of pyridine rings is 1. The molecule has 0 aliphatic heterocycles. The number of carbonyl (C=O) groups is 2. The molecule has 1 aromatic heterocycles. The van der Waals surface area contributed by atoms with Crippen LogP contribution in [-0.4, -0.2) is 22.0 Å². The number of hydrogen-bond donors (Lipinski definition) is 3. The molecule has 2 atom stereocenters. The number of halogens is 3. The van der Waals surface area contributed by atoms with Gasteiger partial charge in [-0.25, -0.2) is 0 Å². The molecule has 1 aliphatic carbocycles. The fraction of sp³-hybridized carbons (Fsp3) is 0.235. The highest BCUT2D eigenvalue weighted by atomic mass is 19.4. The third kappa shape index (κ3) is 3.19. The van der Waals surface area contributed by atoms with Crippen molar-refractivity contribution in [3.05, 3.63) is 69.1 Å². The van der Waals surface area contributed by atoms with Gasteiger partial charge in [-0.15, -0.1) is 0 Å². The van der Waals surface area contributed by atoms with Crippen LogP contribution >= 0.6 is 0 Å². The number of rotatable bonds is 3. The van der Waals surface area contributed by atoms with E-state index in [1.54, 1.807) is 24.3 Å². The van der Waals surface area contributed by atoms with E-state index in [4.69, 9.17) is 0 Å². The van der Waals surface area contributed by atoms with Crippen LogP contribution in [0.1, 0.15) is 45.4 Å². The molecule has 3 rings (SSSR count). The van der Waals surface area contributed by atoms with Gasteiger partial charge in [0.15, 0.2) is 0 Å². The van der Waals surface area contributed by atoms with E-state index in [1.807, 2.05) is 4.98 Å². The molecule has 6 nitrogen and oxygen atoms in total. The number of amides is 1. The summed E-state index contributed by atoms with van der Waals surface area (Å²) >= 11 is 0. The van der Waals surface area contributed by atoms with Crippen LogP contribution in [-0.2, 0) is 11.0 Å². The molecule has 3 N–H and O–H groups in total. The van der Waals surface area contributed by atoms with Crippen molar-refractivity contribution in [3.8, 4) is 0 Å². The van der Waals surface area contributed by atoms with Gasteiger partial charge in [0.2, 0.25) is 0 Å². The molecule has 0 saturated heterocycles. The van der Waals surface area contributed by atoms with E-state index in [1.165, 1.54) is 0 Å². The maximum Gasteiger partial charge on any atom is 0.417 e. The van der Waals surface area contributed by atoms with Gasteiger partial charge >= 0.3 is 12.1 Å². The van der Waals surface area contributed by atoms with Crippen molar-refractivity contribution < 1.29 is 27.9 Å². The highest BCUT2D eigenvalue weighted by molar-refractivity contribution is 5.94. The lowest BCUT2D eigenvalue weighted by molar-refractivity contribution is -0.139. The van der Waals surface area contributed by atoms with Crippen LogP contribution in [0.4, 0.5) is 13.2 Å². The number of nitrogens with one attached hydrogen (secondary N) is 2. The second-order valence-electron chi connectivity index (χ2n) is 5.91. The highest BCUT2D eigenvalue weighted by Gasteiger charge is 2.37. The Morgan fingerprint density at radius 2 is 1.85 bits per heavy atom. The molecule has 1 aromatic carbocycles.